The van der Waals surface area contributed by atoms with E-state index in [9.17, 15) is 9.36 Å². The Hall–Kier alpha value is -5.02. The van der Waals surface area contributed by atoms with E-state index in [1.807, 2.05) is 72.9 Å². The Bertz CT molecular complexity index is 2250. The lowest BCUT2D eigenvalue weighted by atomic mass is 9.93. The van der Waals surface area contributed by atoms with Crippen molar-refractivity contribution in [3.63, 3.8) is 0 Å². The third-order valence-corrected chi connectivity index (χ3v) is 12.2. The first-order chi connectivity index (χ1) is 27.4. The van der Waals surface area contributed by atoms with Gasteiger partial charge in [-0.25, -0.2) is 4.57 Å². The van der Waals surface area contributed by atoms with Crippen LogP contribution >= 0.6 is 7.82 Å². The summed E-state index contributed by atoms with van der Waals surface area (Å²) in [7, 11) is -3.90. The molecular weight excluding hydrogens is 721 g/mol. The lowest BCUT2D eigenvalue weighted by molar-refractivity contribution is -0.123. The summed E-state index contributed by atoms with van der Waals surface area (Å²) in [6, 6.07) is 40.4. The number of benzene rings is 5. The summed E-state index contributed by atoms with van der Waals surface area (Å²) in [6.45, 7) is 6.16. The number of rotatable bonds is 16. The highest BCUT2D eigenvalue weighted by atomic mass is 31.2. The normalized spacial score (nSPS) is 15.2. The highest BCUT2D eigenvalue weighted by Crippen LogP contribution is 2.51. The molecule has 10 heteroatoms. The number of hydrogen-bond acceptors (Lipinski definition) is 7. The number of hydrogen-bond donors (Lipinski definition) is 2. The number of aryl methyl sites for hydroxylation is 1. The van der Waals surface area contributed by atoms with Gasteiger partial charge in [0.25, 0.3) is 0 Å². The maximum absolute atomic E-state index is 13.8. The molecule has 6 aromatic rings. The molecule has 9 nitrogen and oxygen atoms in total. The first-order valence-corrected chi connectivity index (χ1v) is 20.9. The van der Waals surface area contributed by atoms with Gasteiger partial charge in [0.1, 0.15) is 0 Å². The van der Waals surface area contributed by atoms with Crippen LogP contribution in [0, 0.1) is 6.92 Å². The first-order valence-electron chi connectivity index (χ1n) is 19.4. The smallest absolute Gasteiger partial charge is 0.378 e. The molecule has 1 aliphatic heterocycles. The summed E-state index contributed by atoms with van der Waals surface area (Å²) in [5, 5.41) is 4.25. The number of carbonyl (C=O) groups is 1. The molecule has 1 aliphatic carbocycles. The molecule has 1 aromatic heterocycles. The molecule has 0 radical (unpaired) electrons. The van der Waals surface area contributed by atoms with Crippen LogP contribution in [0.4, 0.5) is 5.69 Å². The number of aromatic amines is 1. The molecule has 8 rings (SSSR count). The number of morpholine rings is 1. The summed E-state index contributed by atoms with van der Waals surface area (Å²) in [5.41, 5.74) is 10.0. The number of H-pyrrole nitrogens is 1. The number of nitrogens with zero attached hydrogens (tertiary/aromatic N) is 1. The van der Waals surface area contributed by atoms with Crippen LogP contribution in [0.1, 0.15) is 46.2 Å². The first kappa shape index (κ1) is 37.9. The Morgan fingerprint density at radius 2 is 1.48 bits per heavy atom. The molecule has 2 fully saturated rings. The third kappa shape index (κ3) is 8.83. The van der Waals surface area contributed by atoms with Crippen LogP contribution in [0.5, 0.6) is 0 Å². The predicted octanol–water partition coefficient (Wildman–Crippen LogP) is 9.43. The zero-order valence-corrected chi connectivity index (χ0v) is 32.6. The van der Waals surface area contributed by atoms with Gasteiger partial charge in [-0.05, 0) is 83.3 Å². The molecule has 1 saturated heterocycles. The highest BCUT2D eigenvalue weighted by Gasteiger charge is 2.51. The van der Waals surface area contributed by atoms with Gasteiger partial charge in [-0.1, -0.05) is 103 Å². The molecular formula is C46H48N3O6P. The molecule has 2 heterocycles. The van der Waals surface area contributed by atoms with Gasteiger partial charge >= 0.3 is 7.82 Å². The molecule has 2 N–H and O–H groups in total. The summed E-state index contributed by atoms with van der Waals surface area (Å²) in [5.74, 6) is 0.0431. The van der Waals surface area contributed by atoms with Gasteiger partial charge in [-0.3, -0.25) is 18.4 Å². The zero-order chi connectivity index (χ0) is 38.4. The molecule has 1 amide bonds. The summed E-state index contributed by atoms with van der Waals surface area (Å²) in [4.78, 5) is 19.6. The minimum absolute atomic E-state index is 0.0431. The quantitative estimate of drug-likeness (QED) is 0.0947. The zero-order valence-electron chi connectivity index (χ0n) is 31.7. The van der Waals surface area contributed by atoms with Crippen molar-refractivity contribution in [2.45, 2.75) is 51.4 Å². The molecule has 288 valence electrons. The van der Waals surface area contributed by atoms with E-state index in [2.05, 4.69) is 76.7 Å². The molecule has 2 aliphatic rings. The van der Waals surface area contributed by atoms with Crippen molar-refractivity contribution in [3.05, 3.63) is 161 Å². The van der Waals surface area contributed by atoms with Crippen LogP contribution in [-0.4, -0.2) is 43.8 Å². The summed E-state index contributed by atoms with van der Waals surface area (Å²) >= 11 is 0. The van der Waals surface area contributed by atoms with E-state index < -0.39 is 13.2 Å². The number of ether oxygens (including phenoxy) is 1. The Kier molecular flexibility index (Phi) is 11.5. The SMILES string of the molecule is Cc1ccc(-c2ccc(CNC(=O)C3(c4ccc5[nH]cc(CCOP(=O)(OCc6ccccc6)OCc6ccccc6)c5c4)CC3)cc2)c(N2CCOCC2)c1. The largest absolute Gasteiger partial charge is 0.475 e. The van der Waals surface area contributed by atoms with Crippen molar-refractivity contribution < 1.29 is 27.7 Å². The van der Waals surface area contributed by atoms with Gasteiger partial charge in [-0.15, -0.1) is 0 Å². The number of aromatic nitrogens is 1. The molecule has 1 saturated carbocycles. The molecule has 0 unspecified atom stereocenters. The van der Waals surface area contributed by atoms with Gasteiger partial charge < -0.3 is 19.9 Å². The molecule has 56 heavy (non-hydrogen) atoms. The van der Waals surface area contributed by atoms with E-state index in [1.165, 1.54) is 16.8 Å². The molecule has 0 spiro atoms. The summed E-state index contributed by atoms with van der Waals surface area (Å²) in [6.07, 6.45) is 4.01. The predicted molar refractivity (Wildman–Crippen MR) is 220 cm³/mol. The number of amides is 1. The van der Waals surface area contributed by atoms with E-state index >= 15 is 0 Å². The number of nitrogens with one attached hydrogen (secondary N) is 2. The van der Waals surface area contributed by atoms with Crippen molar-refractivity contribution in [1.82, 2.24) is 10.3 Å². The van der Waals surface area contributed by atoms with E-state index in [0.29, 0.717) is 13.0 Å². The van der Waals surface area contributed by atoms with E-state index in [4.69, 9.17) is 18.3 Å². The fourth-order valence-electron chi connectivity index (χ4n) is 7.39. The standard InChI is InChI=1S/C46H48N3O6P/c1-34-12-18-41(44(28-34)49-23-26-52-27-24-49)38-15-13-35(14-16-38)30-48-45(50)46(21-22-46)40-17-19-43-42(29-40)39(31-47-43)20-25-53-56(51,54-32-36-8-4-2-5-9-36)55-33-37-10-6-3-7-11-37/h2-19,28-29,31,47H,20-27,30,32-33H2,1H3,(H,48,50). The van der Waals surface area contributed by atoms with Crippen molar-refractivity contribution >= 4 is 30.3 Å². The number of carbonyl (C=O) groups excluding carboxylic acids is 1. The maximum atomic E-state index is 13.8. The maximum Gasteiger partial charge on any atom is 0.475 e. The van der Waals surface area contributed by atoms with Gasteiger partial charge in [0.05, 0.1) is 38.4 Å². The van der Waals surface area contributed by atoms with Crippen molar-refractivity contribution in [2.75, 3.05) is 37.8 Å². The Morgan fingerprint density at radius 1 is 0.804 bits per heavy atom. The van der Waals surface area contributed by atoms with Gasteiger partial charge in [0.15, 0.2) is 0 Å². The van der Waals surface area contributed by atoms with Crippen molar-refractivity contribution in [2.24, 2.45) is 0 Å². The minimum Gasteiger partial charge on any atom is -0.378 e. The van der Waals surface area contributed by atoms with Crippen LogP contribution in [0.25, 0.3) is 22.0 Å². The molecule has 5 aromatic carbocycles. The van der Waals surface area contributed by atoms with Crippen molar-refractivity contribution in [3.8, 4) is 11.1 Å². The van der Waals surface area contributed by atoms with E-state index in [1.54, 1.807) is 0 Å². The van der Waals surface area contributed by atoms with Gasteiger partial charge in [0, 0.05) is 48.0 Å². The average molecular weight is 770 g/mol. The monoisotopic (exact) mass is 769 g/mol. The van der Waals surface area contributed by atoms with Gasteiger partial charge in [0.2, 0.25) is 5.91 Å². The summed E-state index contributed by atoms with van der Waals surface area (Å²) < 4.78 is 37.0. The number of fused-ring (bicyclic) bond motifs is 1. The Labute approximate surface area is 328 Å². The second-order valence-electron chi connectivity index (χ2n) is 14.7. The Balaban J connectivity index is 0.905. The second kappa shape index (κ2) is 17.0. The molecule has 0 atom stereocenters. The second-order valence-corrected chi connectivity index (χ2v) is 16.4. The van der Waals surface area contributed by atoms with Crippen LogP contribution < -0.4 is 10.2 Å². The van der Waals surface area contributed by atoms with E-state index in [-0.39, 0.29) is 25.7 Å². The van der Waals surface area contributed by atoms with Crippen LogP contribution in [-0.2, 0) is 59.3 Å². The van der Waals surface area contributed by atoms with E-state index in [0.717, 1.165) is 83.4 Å². The fraction of sp³-hybridized carbons (Fsp3) is 0.283. The number of phosphoric ester groups is 1. The number of anilines is 1. The average Bonchev–Trinajstić information content (AvgIpc) is 3.97. The lowest BCUT2D eigenvalue weighted by Crippen LogP contribution is -2.36. The minimum atomic E-state index is -3.90. The van der Waals surface area contributed by atoms with Crippen LogP contribution in [0.3, 0.4) is 0 Å². The number of phosphoric acid groups is 1. The third-order valence-electron chi connectivity index (χ3n) is 10.8. The van der Waals surface area contributed by atoms with Crippen LogP contribution in [0.2, 0.25) is 0 Å². The van der Waals surface area contributed by atoms with Crippen molar-refractivity contribution in [1.29, 1.82) is 0 Å². The fourth-order valence-corrected chi connectivity index (χ4v) is 8.55. The highest BCUT2D eigenvalue weighted by molar-refractivity contribution is 7.48. The van der Waals surface area contributed by atoms with Crippen LogP contribution in [0.15, 0.2) is 128 Å². The Morgan fingerprint density at radius 3 is 2.14 bits per heavy atom. The topological polar surface area (TPSA) is 102 Å². The van der Waals surface area contributed by atoms with Gasteiger partial charge in [-0.2, -0.15) is 0 Å². The lowest BCUT2D eigenvalue weighted by Gasteiger charge is -2.31. The molecule has 0 bridgehead atoms.